The van der Waals surface area contributed by atoms with Gasteiger partial charge in [0.25, 0.3) is 0 Å². The summed E-state index contributed by atoms with van der Waals surface area (Å²) >= 11 is 0. The van der Waals surface area contributed by atoms with Crippen LogP contribution in [0.15, 0.2) is 42.6 Å². The molecule has 0 spiro atoms. The number of piperazine rings is 1. The standard InChI is InChI=1S/C33H40N4O2/c1-34-17-19-35(20-18-34)16-13-25-22-36-14-6-15-37-29-21-24(33(38)39)11-12-27(29)30(23-7-3-2-4-8-23)32(37)28-10-5-9-26(25)31(28)36/h5,9-12,21-23H,2-4,6-8,13-20H2,1H3,(H,38,39). The van der Waals surface area contributed by atoms with Crippen LogP contribution in [0.25, 0.3) is 33.1 Å². The second-order valence-corrected chi connectivity index (χ2v) is 12.1. The third kappa shape index (κ3) is 4.38. The number of likely N-dealkylation sites (N-methyl/N-ethyl adjacent to an activating group) is 1. The van der Waals surface area contributed by atoms with E-state index in [-0.39, 0.29) is 0 Å². The Morgan fingerprint density at radius 2 is 1.74 bits per heavy atom. The van der Waals surface area contributed by atoms with Gasteiger partial charge >= 0.3 is 5.97 Å². The van der Waals surface area contributed by atoms with Gasteiger partial charge in [-0.1, -0.05) is 43.5 Å². The van der Waals surface area contributed by atoms with Gasteiger partial charge in [-0.25, -0.2) is 4.79 Å². The molecule has 204 valence electrons. The van der Waals surface area contributed by atoms with Gasteiger partial charge in [0.05, 0.1) is 16.8 Å². The maximum absolute atomic E-state index is 11.9. The van der Waals surface area contributed by atoms with Crippen molar-refractivity contribution in [1.29, 1.82) is 0 Å². The Morgan fingerprint density at radius 1 is 0.923 bits per heavy atom. The first kappa shape index (κ1) is 24.9. The van der Waals surface area contributed by atoms with Crippen LogP contribution in [0.4, 0.5) is 0 Å². The molecule has 2 aromatic carbocycles. The Morgan fingerprint density at radius 3 is 2.54 bits per heavy atom. The lowest BCUT2D eigenvalue weighted by atomic mass is 9.81. The van der Waals surface area contributed by atoms with Gasteiger partial charge in [0.15, 0.2) is 0 Å². The zero-order valence-electron chi connectivity index (χ0n) is 23.2. The van der Waals surface area contributed by atoms with Crippen molar-refractivity contribution in [2.45, 2.75) is 64.0 Å². The van der Waals surface area contributed by atoms with E-state index in [1.807, 2.05) is 12.1 Å². The maximum Gasteiger partial charge on any atom is 0.335 e. The highest BCUT2D eigenvalue weighted by Crippen LogP contribution is 2.47. The minimum Gasteiger partial charge on any atom is -0.478 e. The highest BCUT2D eigenvalue weighted by Gasteiger charge is 2.29. The van der Waals surface area contributed by atoms with Gasteiger partial charge in [-0.3, -0.25) is 0 Å². The number of carbonyl (C=O) groups is 1. The minimum atomic E-state index is -0.849. The van der Waals surface area contributed by atoms with Crippen molar-refractivity contribution < 1.29 is 9.90 Å². The summed E-state index contributed by atoms with van der Waals surface area (Å²) in [5.74, 6) is -0.318. The van der Waals surface area contributed by atoms with Crippen LogP contribution < -0.4 is 0 Å². The van der Waals surface area contributed by atoms with E-state index in [1.54, 1.807) is 0 Å². The van der Waals surface area contributed by atoms with Gasteiger partial charge < -0.3 is 24.0 Å². The third-order valence-electron chi connectivity index (χ3n) is 9.67. The summed E-state index contributed by atoms with van der Waals surface area (Å²) < 4.78 is 5.00. The molecule has 2 fully saturated rings. The van der Waals surface area contributed by atoms with E-state index in [1.165, 1.54) is 70.8 Å². The van der Waals surface area contributed by atoms with Crippen LogP contribution in [-0.4, -0.2) is 69.8 Å². The van der Waals surface area contributed by atoms with Crippen molar-refractivity contribution >= 4 is 27.8 Å². The third-order valence-corrected chi connectivity index (χ3v) is 9.67. The number of carboxylic acids is 1. The molecule has 1 aliphatic carbocycles. The van der Waals surface area contributed by atoms with Gasteiger partial charge in [0, 0.05) is 73.9 Å². The summed E-state index contributed by atoms with van der Waals surface area (Å²) in [5, 5.41) is 12.4. The van der Waals surface area contributed by atoms with E-state index in [0.29, 0.717) is 11.5 Å². The summed E-state index contributed by atoms with van der Waals surface area (Å²) in [6.45, 7) is 7.63. The first-order chi connectivity index (χ1) is 19.1. The lowest BCUT2D eigenvalue weighted by Crippen LogP contribution is -2.45. The second-order valence-electron chi connectivity index (χ2n) is 12.1. The molecule has 4 heterocycles. The van der Waals surface area contributed by atoms with E-state index >= 15 is 0 Å². The van der Waals surface area contributed by atoms with Crippen molar-refractivity contribution in [2.75, 3.05) is 39.8 Å². The number of carboxylic acid groups (broad SMARTS) is 1. The van der Waals surface area contributed by atoms with Gasteiger partial charge in [-0.2, -0.15) is 0 Å². The largest absolute Gasteiger partial charge is 0.478 e. The molecule has 6 nitrogen and oxygen atoms in total. The highest BCUT2D eigenvalue weighted by atomic mass is 16.4. The van der Waals surface area contributed by atoms with Crippen molar-refractivity contribution in [3.8, 4) is 11.3 Å². The SMILES string of the molecule is CN1CCN(CCc2cn3c4c(cccc24)-c2c(C4CCCCC4)c4ccc(C(=O)O)cc4n2CCC3)CC1. The fourth-order valence-electron chi connectivity index (χ4n) is 7.59. The Bertz CT molecular complexity index is 1530. The molecule has 0 unspecified atom stereocenters. The molecule has 1 saturated carbocycles. The van der Waals surface area contributed by atoms with Crippen LogP contribution in [0.1, 0.15) is 65.9 Å². The average Bonchev–Trinajstić information content (AvgIpc) is 3.47. The normalized spacial score (nSPS) is 19.3. The summed E-state index contributed by atoms with van der Waals surface area (Å²) in [6.07, 6.45) is 10.9. The second kappa shape index (κ2) is 10.1. The fourth-order valence-corrected chi connectivity index (χ4v) is 7.59. The molecular weight excluding hydrogens is 484 g/mol. The number of rotatable bonds is 5. The molecule has 39 heavy (non-hydrogen) atoms. The summed E-state index contributed by atoms with van der Waals surface area (Å²) in [4.78, 5) is 17.0. The number of fused-ring (bicyclic) bond motifs is 4. The number of aryl methyl sites for hydroxylation is 2. The molecule has 4 aromatic rings. The van der Waals surface area contributed by atoms with Gasteiger partial charge in [-0.05, 0) is 61.9 Å². The predicted octanol–water partition coefficient (Wildman–Crippen LogP) is 6.20. The minimum absolute atomic E-state index is 0.382. The predicted molar refractivity (Wildman–Crippen MR) is 158 cm³/mol. The summed E-state index contributed by atoms with van der Waals surface area (Å²) in [6, 6.07) is 12.7. The molecule has 0 bridgehead atoms. The van der Waals surface area contributed by atoms with E-state index in [2.05, 4.69) is 56.4 Å². The zero-order chi connectivity index (χ0) is 26.5. The molecule has 2 aromatic heterocycles. The van der Waals surface area contributed by atoms with E-state index in [0.717, 1.165) is 64.2 Å². The number of hydrogen-bond acceptors (Lipinski definition) is 3. The van der Waals surface area contributed by atoms with Crippen LogP contribution in [0.2, 0.25) is 0 Å². The molecule has 1 saturated heterocycles. The molecule has 1 N–H and O–H groups in total. The Labute approximate surface area is 230 Å². The van der Waals surface area contributed by atoms with Crippen LogP contribution in [0.3, 0.4) is 0 Å². The van der Waals surface area contributed by atoms with E-state index in [9.17, 15) is 9.90 Å². The lowest BCUT2D eigenvalue weighted by Gasteiger charge is -2.32. The van der Waals surface area contributed by atoms with E-state index < -0.39 is 5.97 Å². The van der Waals surface area contributed by atoms with Crippen molar-refractivity contribution in [2.24, 2.45) is 0 Å². The zero-order valence-corrected chi connectivity index (χ0v) is 23.2. The van der Waals surface area contributed by atoms with Crippen molar-refractivity contribution in [3.63, 3.8) is 0 Å². The van der Waals surface area contributed by atoms with Crippen LogP contribution >= 0.6 is 0 Å². The number of aromatic nitrogens is 2. The fraction of sp³-hybridized carbons (Fsp3) is 0.485. The van der Waals surface area contributed by atoms with E-state index in [4.69, 9.17) is 0 Å². The smallest absolute Gasteiger partial charge is 0.335 e. The molecule has 0 radical (unpaired) electrons. The Balaban J connectivity index is 1.38. The number of nitrogens with zero attached hydrogens (tertiary/aromatic N) is 4. The first-order valence-electron chi connectivity index (χ1n) is 15.0. The first-order valence-corrected chi connectivity index (χ1v) is 15.0. The van der Waals surface area contributed by atoms with Gasteiger partial charge in [0.2, 0.25) is 0 Å². The molecular formula is C33H40N4O2. The topological polar surface area (TPSA) is 53.6 Å². The van der Waals surface area contributed by atoms with Crippen molar-refractivity contribution in [1.82, 2.24) is 18.9 Å². The van der Waals surface area contributed by atoms with Crippen LogP contribution in [0, 0.1) is 0 Å². The molecule has 7 rings (SSSR count). The molecule has 6 heteroatoms. The number of hydrogen-bond donors (Lipinski definition) is 1. The molecule has 3 aliphatic rings. The quantitative estimate of drug-likeness (QED) is 0.338. The highest BCUT2D eigenvalue weighted by molar-refractivity contribution is 6.03. The Kier molecular flexibility index (Phi) is 6.48. The van der Waals surface area contributed by atoms with Crippen molar-refractivity contribution in [3.05, 3.63) is 59.3 Å². The number of benzene rings is 2. The molecule has 0 amide bonds. The van der Waals surface area contributed by atoms with Gasteiger partial charge in [0.1, 0.15) is 0 Å². The Hall–Kier alpha value is -3.09. The van der Waals surface area contributed by atoms with Gasteiger partial charge in [-0.15, -0.1) is 0 Å². The molecule has 0 atom stereocenters. The van der Waals surface area contributed by atoms with Crippen LogP contribution in [-0.2, 0) is 19.5 Å². The number of aromatic carboxylic acids is 1. The number of para-hydroxylation sites is 1. The maximum atomic E-state index is 11.9. The lowest BCUT2D eigenvalue weighted by molar-refractivity contribution is 0.0697. The molecule has 2 aliphatic heterocycles. The summed E-state index contributed by atoms with van der Waals surface area (Å²) in [7, 11) is 2.22. The van der Waals surface area contributed by atoms with Crippen LogP contribution in [0.5, 0.6) is 0 Å². The summed E-state index contributed by atoms with van der Waals surface area (Å²) in [5.41, 5.74) is 8.43. The monoisotopic (exact) mass is 524 g/mol. The average molecular weight is 525 g/mol.